The highest BCUT2D eigenvalue weighted by atomic mass is 32.2. The molecule has 0 spiro atoms. The Balaban J connectivity index is 1.43. The molecule has 1 saturated heterocycles. The van der Waals surface area contributed by atoms with Gasteiger partial charge < -0.3 is 14.4 Å². The smallest absolute Gasteiger partial charge is 0.242 e. The fourth-order valence-corrected chi connectivity index (χ4v) is 5.49. The van der Waals surface area contributed by atoms with Crippen molar-refractivity contribution in [2.45, 2.75) is 38.1 Å². The summed E-state index contributed by atoms with van der Waals surface area (Å²) in [6, 6.07) is 13.4. The maximum Gasteiger partial charge on any atom is 0.242 e. The number of imidazole rings is 1. The molecular formula is C25H33N5O3S. The predicted octanol–water partition coefficient (Wildman–Crippen LogP) is 2.90. The fourth-order valence-electron chi connectivity index (χ4n) is 4.57. The quantitative estimate of drug-likeness (QED) is 0.516. The second kappa shape index (κ2) is 9.76. The maximum absolute atomic E-state index is 12.9. The molecule has 1 amide bonds. The summed E-state index contributed by atoms with van der Waals surface area (Å²) in [6.07, 6.45) is 0.908. The summed E-state index contributed by atoms with van der Waals surface area (Å²) in [5, 5.41) is 0. The number of piperazine rings is 1. The molecule has 4 rings (SSSR count). The standard InChI is InChI=1S/C25H33N5O3S/c1-5-30-23-11-10-20(34(32,33)27(3)4)18-21(23)26-24(30)12-13-25(31)29-16-14-28(15-17-29)22-9-7-6-8-19(22)2/h6-11,18H,5,12-17H2,1-4H3. The van der Waals surface area contributed by atoms with E-state index in [-0.39, 0.29) is 10.8 Å². The van der Waals surface area contributed by atoms with Crippen molar-refractivity contribution >= 4 is 32.7 Å². The molecule has 1 fully saturated rings. The molecule has 0 bridgehead atoms. The van der Waals surface area contributed by atoms with Gasteiger partial charge in [-0.3, -0.25) is 4.79 Å². The minimum absolute atomic E-state index is 0.134. The van der Waals surface area contributed by atoms with Crippen molar-refractivity contribution in [1.29, 1.82) is 0 Å². The zero-order chi connectivity index (χ0) is 24.5. The van der Waals surface area contributed by atoms with Crippen LogP contribution >= 0.6 is 0 Å². The van der Waals surface area contributed by atoms with Gasteiger partial charge in [0.15, 0.2) is 0 Å². The van der Waals surface area contributed by atoms with Crippen molar-refractivity contribution in [2.75, 3.05) is 45.2 Å². The Hall–Kier alpha value is -2.91. The zero-order valence-electron chi connectivity index (χ0n) is 20.4. The van der Waals surface area contributed by atoms with E-state index in [1.165, 1.54) is 29.7 Å². The highest BCUT2D eigenvalue weighted by Gasteiger charge is 2.23. The Morgan fingerprint density at radius 3 is 2.41 bits per heavy atom. The van der Waals surface area contributed by atoms with Gasteiger partial charge in [0.1, 0.15) is 5.82 Å². The van der Waals surface area contributed by atoms with E-state index in [9.17, 15) is 13.2 Å². The van der Waals surface area contributed by atoms with Crippen LogP contribution in [-0.2, 0) is 27.8 Å². The minimum atomic E-state index is -3.53. The van der Waals surface area contributed by atoms with Gasteiger partial charge in [0.25, 0.3) is 0 Å². The summed E-state index contributed by atoms with van der Waals surface area (Å²) in [4.78, 5) is 22.1. The number of benzene rings is 2. The van der Waals surface area contributed by atoms with Crippen molar-refractivity contribution in [2.24, 2.45) is 0 Å². The number of aromatic nitrogens is 2. The first-order chi connectivity index (χ1) is 16.2. The molecule has 9 heteroatoms. The van der Waals surface area contributed by atoms with Gasteiger partial charge in [-0.15, -0.1) is 0 Å². The van der Waals surface area contributed by atoms with Crippen molar-refractivity contribution in [3.05, 3.63) is 53.9 Å². The molecule has 1 aliphatic rings. The van der Waals surface area contributed by atoms with Gasteiger partial charge in [-0.1, -0.05) is 18.2 Å². The van der Waals surface area contributed by atoms with Gasteiger partial charge in [-0.25, -0.2) is 17.7 Å². The molecule has 0 saturated carbocycles. The number of anilines is 1. The van der Waals surface area contributed by atoms with Gasteiger partial charge in [0.2, 0.25) is 15.9 Å². The Labute approximate surface area is 201 Å². The number of hydrogen-bond acceptors (Lipinski definition) is 5. The van der Waals surface area contributed by atoms with Gasteiger partial charge in [-0.2, -0.15) is 0 Å². The number of carbonyl (C=O) groups is 1. The van der Waals surface area contributed by atoms with Crippen LogP contribution in [0.1, 0.15) is 24.7 Å². The van der Waals surface area contributed by atoms with E-state index in [0.717, 1.165) is 24.4 Å². The van der Waals surface area contributed by atoms with Crippen LogP contribution in [0.4, 0.5) is 5.69 Å². The number of aryl methyl sites for hydroxylation is 3. The monoisotopic (exact) mass is 483 g/mol. The molecule has 2 heterocycles. The van der Waals surface area contributed by atoms with Gasteiger partial charge in [0, 0.05) is 65.3 Å². The third kappa shape index (κ3) is 4.67. The Bertz CT molecular complexity index is 1290. The number of para-hydroxylation sites is 1. The average Bonchev–Trinajstić information content (AvgIpc) is 3.19. The number of amides is 1. The zero-order valence-corrected chi connectivity index (χ0v) is 21.2. The van der Waals surface area contributed by atoms with Crippen molar-refractivity contribution in [1.82, 2.24) is 18.8 Å². The van der Waals surface area contributed by atoms with Crippen LogP contribution in [0.5, 0.6) is 0 Å². The van der Waals surface area contributed by atoms with Gasteiger partial charge in [0.05, 0.1) is 15.9 Å². The summed E-state index contributed by atoms with van der Waals surface area (Å²) in [5.74, 6) is 0.943. The lowest BCUT2D eigenvalue weighted by Gasteiger charge is -2.36. The number of rotatable bonds is 7. The molecule has 0 N–H and O–H groups in total. The molecule has 0 atom stereocenters. The third-order valence-electron chi connectivity index (χ3n) is 6.54. The third-order valence-corrected chi connectivity index (χ3v) is 8.36. The van der Waals surface area contributed by atoms with E-state index >= 15 is 0 Å². The number of fused-ring (bicyclic) bond motifs is 1. The predicted molar refractivity (Wildman–Crippen MR) is 135 cm³/mol. The SMILES string of the molecule is CCn1c(CCC(=O)N2CCN(c3ccccc3C)CC2)nc2cc(S(=O)(=O)N(C)C)ccc21. The number of sulfonamides is 1. The van der Waals surface area contributed by atoms with Crippen LogP contribution in [0.2, 0.25) is 0 Å². The lowest BCUT2D eigenvalue weighted by molar-refractivity contribution is -0.131. The van der Waals surface area contributed by atoms with E-state index in [1.807, 2.05) is 17.9 Å². The van der Waals surface area contributed by atoms with Crippen molar-refractivity contribution < 1.29 is 13.2 Å². The van der Waals surface area contributed by atoms with Crippen molar-refractivity contribution in [3.63, 3.8) is 0 Å². The summed E-state index contributed by atoms with van der Waals surface area (Å²) >= 11 is 0. The number of hydrogen-bond donors (Lipinski definition) is 0. The summed E-state index contributed by atoms with van der Waals surface area (Å²) in [7, 11) is -0.495. The summed E-state index contributed by atoms with van der Waals surface area (Å²) in [5.41, 5.74) is 4.01. The van der Waals surface area contributed by atoms with Crippen LogP contribution in [0, 0.1) is 6.92 Å². The molecule has 3 aromatic rings. The highest BCUT2D eigenvalue weighted by Crippen LogP contribution is 2.24. The first-order valence-corrected chi connectivity index (χ1v) is 13.2. The summed E-state index contributed by atoms with van der Waals surface area (Å²) in [6.45, 7) is 7.93. The van der Waals surface area contributed by atoms with E-state index in [1.54, 1.807) is 18.2 Å². The minimum Gasteiger partial charge on any atom is -0.368 e. The Morgan fingerprint density at radius 1 is 1.06 bits per heavy atom. The largest absolute Gasteiger partial charge is 0.368 e. The fraction of sp³-hybridized carbons (Fsp3) is 0.440. The Morgan fingerprint density at radius 2 is 1.76 bits per heavy atom. The second-order valence-electron chi connectivity index (χ2n) is 8.86. The topological polar surface area (TPSA) is 78.8 Å². The normalized spacial score (nSPS) is 14.9. The molecule has 8 nitrogen and oxygen atoms in total. The van der Waals surface area contributed by atoms with E-state index in [4.69, 9.17) is 4.98 Å². The Kier molecular flexibility index (Phi) is 6.95. The van der Waals surface area contributed by atoms with Crippen LogP contribution in [0.25, 0.3) is 11.0 Å². The molecule has 2 aromatic carbocycles. The van der Waals surface area contributed by atoms with Gasteiger partial charge >= 0.3 is 0 Å². The van der Waals surface area contributed by atoms with Gasteiger partial charge in [-0.05, 0) is 43.7 Å². The molecule has 0 radical (unpaired) electrons. The molecule has 0 unspecified atom stereocenters. The second-order valence-corrected chi connectivity index (χ2v) is 11.0. The summed E-state index contributed by atoms with van der Waals surface area (Å²) < 4.78 is 28.3. The molecule has 182 valence electrons. The number of carbonyl (C=O) groups excluding carboxylic acids is 1. The van der Waals surface area contributed by atoms with Crippen LogP contribution in [0.3, 0.4) is 0 Å². The van der Waals surface area contributed by atoms with E-state index in [2.05, 4.69) is 34.6 Å². The average molecular weight is 484 g/mol. The molecular weight excluding hydrogens is 450 g/mol. The van der Waals surface area contributed by atoms with Crippen molar-refractivity contribution in [3.8, 4) is 0 Å². The highest BCUT2D eigenvalue weighted by molar-refractivity contribution is 7.89. The first kappa shape index (κ1) is 24.2. The van der Waals surface area contributed by atoms with Crippen LogP contribution in [0.15, 0.2) is 47.4 Å². The first-order valence-electron chi connectivity index (χ1n) is 11.7. The maximum atomic E-state index is 12.9. The van der Waals surface area contributed by atoms with E-state index < -0.39 is 10.0 Å². The van der Waals surface area contributed by atoms with E-state index in [0.29, 0.717) is 38.0 Å². The van der Waals surface area contributed by atoms with Crippen LogP contribution < -0.4 is 4.90 Å². The molecule has 34 heavy (non-hydrogen) atoms. The molecule has 1 aromatic heterocycles. The molecule has 1 aliphatic heterocycles. The van der Waals surface area contributed by atoms with Crippen LogP contribution in [-0.4, -0.2) is 73.4 Å². The molecule has 0 aliphatic carbocycles. The lowest BCUT2D eigenvalue weighted by Crippen LogP contribution is -2.49. The lowest BCUT2D eigenvalue weighted by atomic mass is 10.1. The number of nitrogens with zero attached hydrogens (tertiary/aromatic N) is 5.